The average molecular weight is 426 g/mol. The van der Waals surface area contributed by atoms with Gasteiger partial charge in [0.25, 0.3) is 5.91 Å². The van der Waals surface area contributed by atoms with Crippen LogP contribution in [0, 0.1) is 0 Å². The number of nitrogens with one attached hydrogen (secondary N) is 1. The average Bonchev–Trinajstić information content (AvgIpc) is 2.61. The molecule has 8 nitrogen and oxygen atoms in total. The summed E-state index contributed by atoms with van der Waals surface area (Å²) in [4.78, 5) is 27.5. The number of carbonyl (C=O) groups is 2. The van der Waals surface area contributed by atoms with Crippen LogP contribution in [-0.2, 0) is 19.6 Å². The predicted molar refractivity (Wildman–Crippen MR) is 111 cm³/mol. The minimum atomic E-state index is -3.82. The summed E-state index contributed by atoms with van der Waals surface area (Å²) in [6.07, 6.45) is 3.08. The van der Waals surface area contributed by atoms with Gasteiger partial charge in [-0.1, -0.05) is 19.3 Å². The molecule has 29 heavy (non-hydrogen) atoms. The maximum atomic E-state index is 13.5. The normalized spacial score (nSPS) is 16.7. The van der Waals surface area contributed by atoms with Crippen molar-refractivity contribution in [3.8, 4) is 0 Å². The van der Waals surface area contributed by atoms with Gasteiger partial charge in [0.1, 0.15) is 11.1 Å². The van der Waals surface area contributed by atoms with Crippen molar-refractivity contribution in [2.24, 2.45) is 5.14 Å². The van der Waals surface area contributed by atoms with Crippen LogP contribution in [0.15, 0.2) is 29.2 Å². The van der Waals surface area contributed by atoms with Crippen LogP contribution in [0.3, 0.4) is 0 Å². The lowest BCUT2D eigenvalue weighted by Crippen LogP contribution is -2.61. The highest BCUT2D eigenvalue weighted by Gasteiger charge is 2.44. The number of hydrogen-bond donors (Lipinski definition) is 2. The Morgan fingerprint density at radius 2 is 1.69 bits per heavy atom. The van der Waals surface area contributed by atoms with Crippen LogP contribution in [-0.4, -0.2) is 38.1 Å². The molecule has 1 saturated carbocycles. The summed E-state index contributed by atoms with van der Waals surface area (Å²) in [6.45, 7) is 7.51. The van der Waals surface area contributed by atoms with Crippen molar-refractivity contribution in [1.82, 2.24) is 5.32 Å². The number of hydrogen-bond acceptors (Lipinski definition) is 5. The van der Waals surface area contributed by atoms with E-state index in [0.29, 0.717) is 25.1 Å². The highest BCUT2D eigenvalue weighted by Crippen LogP contribution is 2.32. The number of rotatable bonds is 5. The Hall–Kier alpha value is -2.13. The van der Waals surface area contributed by atoms with Gasteiger partial charge in [-0.2, -0.15) is 0 Å². The van der Waals surface area contributed by atoms with E-state index in [1.54, 1.807) is 37.8 Å². The van der Waals surface area contributed by atoms with E-state index in [1.807, 2.05) is 6.92 Å². The molecule has 1 aromatic carbocycles. The number of nitrogens with two attached hydrogens (primary N) is 1. The Morgan fingerprint density at radius 3 is 2.14 bits per heavy atom. The molecule has 1 aromatic rings. The number of carbonyl (C=O) groups excluding carboxylic acids is 2. The Kier molecular flexibility index (Phi) is 6.95. The Morgan fingerprint density at radius 1 is 1.14 bits per heavy atom. The molecule has 0 radical (unpaired) electrons. The minimum absolute atomic E-state index is 0.0241. The molecule has 3 N–H and O–H groups in total. The number of ether oxygens (including phenoxy) is 1. The van der Waals surface area contributed by atoms with E-state index in [2.05, 4.69) is 5.32 Å². The van der Waals surface area contributed by atoms with Gasteiger partial charge in [0.2, 0.25) is 10.0 Å². The number of sulfonamides is 1. The molecule has 1 aliphatic carbocycles. The maximum absolute atomic E-state index is 13.5. The third kappa shape index (κ3) is 5.93. The topological polar surface area (TPSA) is 119 Å². The second kappa shape index (κ2) is 8.71. The molecule has 1 fully saturated rings. The molecule has 2 amide bonds. The van der Waals surface area contributed by atoms with Gasteiger partial charge in [-0.3, -0.25) is 4.79 Å². The predicted octanol–water partition coefficient (Wildman–Crippen LogP) is 2.91. The van der Waals surface area contributed by atoms with Crippen molar-refractivity contribution in [3.05, 3.63) is 24.3 Å². The first-order chi connectivity index (χ1) is 13.4. The van der Waals surface area contributed by atoms with E-state index >= 15 is 0 Å². The van der Waals surface area contributed by atoms with Crippen molar-refractivity contribution < 1.29 is 22.7 Å². The maximum Gasteiger partial charge on any atom is 0.408 e. The van der Waals surface area contributed by atoms with E-state index in [-0.39, 0.29) is 10.8 Å². The summed E-state index contributed by atoms with van der Waals surface area (Å²) >= 11 is 0. The monoisotopic (exact) mass is 425 g/mol. The van der Waals surface area contributed by atoms with Crippen LogP contribution in [0.2, 0.25) is 0 Å². The fourth-order valence-corrected chi connectivity index (χ4v) is 4.08. The van der Waals surface area contributed by atoms with Crippen molar-refractivity contribution >= 4 is 27.7 Å². The first kappa shape index (κ1) is 23.2. The van der Waals surface area contributed by atoms with Crippen molar-refractivity contribution in [3.63, 3.8) is 0 Å². The third-order valence-corrected chi connectivity index (χ3v) is 5.82. The highest BCUT2D eigenvalue weighted by atomic mass is 32.2. The number of nitrogens with zero attached hydrogens (tertiary/aromatic N) is 1. The number of likely N-dealkylation sites (N-methyl/N-ethyl adjacent to an activating group) is 1. The van der Waals surface area contributed by atoms with Gasteiger partial charge in [0.15, 0.2) is 0 Å². The second-order valence-corrected chi connectivity index (χ2v) is 9.92. The lowest BCUT2D eigenvalue weighted by molar-refractivity contribution is -0.126. The molecule has 1 aliphatic rings. The summed E-state index contributed by atoms with van der Waals surface area (Å²) in [7, 11) is -3.82. The standard InChI is InChI=1S/C20H31N3O5S/c1-5-23(15-9-11-16(12-10-15)29(21,26)27)17(24)20(13-7-6-8-14-20)22-18(25)28-19(2,3)4/h9-12H,5-8,13-14H2,1-4H3,(H,22,25)(H2,21,26,27). The van der Waals surface area contributed by atoms with Crippen LogP contribution in [0.4, 0.5) is 10.5 Å². The Balaban J connectivity index is 2.32. The summed E-state index contributed by atoms with van der Waals surface area (Å²) in [5, 5.41) is 7.99. The van der Waals surface area contributed by atoms with Crippen LogP contribution in [0.5, 0.6) is 0 Å². The smallest absolute Gasteiger partial charge is 0.408 e. The number of amides is 2. The number of primary sulfonamides is 1. The first-order valence-electron chi connectivity index (χ1n) is 9.84. The third-order valence-electron chi connectivity index (χ3n) is 4.90. The number of alkyl carbamates (subject to hydrolysis) is 1. The van der Waals surface area contributed by atoms with Crippen molar-refractivity contribution in [2.45, 2.75) is 75.8 Å². The molecule has 0 unspecified atom stereocenters. The molecule has 0 saturated heterocycles. The van der Waals surface area contributed by atoms with Gasteiger partial charge in [0.05, 0.1) is 4.90 Å². The largest absolute Gasteiger partial charge is 0.444 e. The van der Waals surface area contributed by atoms with Gasteiger partial charge in [-0.25, -0.2) is 18.4 Å². The van der Waals surface area contributed by atoms with Gasteiger partial charge < -0.3 is 15.0 Å². The van der Waals surface area contributed by atoms with E-state index in [4.69, 9.17) is 9.88 Å². The molecule has 0 atom stereocenters. The lowest BCUT2D eigenvalue weighted by atomic mass is 9.80. The molecular weight excluding hydrogens is 394 g/mol. The van der Waals surface area contributed by atoms with Crippen LogP contribution in [0.1, 0.15) is 59.8 Å². The van der Waals surface area contributed by atoms with E-state index in [0.717, 1.165) is 19.3 Å². The quantitative estimate of drug-likeness (QED) is 0.752. The molecule has 0 bridgehead atoms. The summed E-state index contributed by atoms with van der Waals surface area (Å²) in [5.74, 6) is -0.228. The summed E-state index contributed by atoms with van der Waals surface area (Å²) < 4.78 is 28.4. The van der Waals surface area contributed by atoms with Gasteiger partial charge in [-0.15, -0.1) is 0 Å². The second-order valence-electron chi connectivity index (χ2n) is 8.36. The molecule has 0 spiro atoms. The minimum Gasteiger partial charge on any atom is -0.444 e. The molecule has 0 heterocycles. The zero-order valence-corrected chi connectivity index (χ0v) is 18.3. The van der Waals surface area contributed by atoms with Gasteiger partial charge in [0, 0.05) is 12.2 Å². The molecule has 0 aromatic heterocycles. The number of anilines is 1. The van der Waals surface area contributed by atoms with E-state index < -0.39 is 27.3 Å². The van der Waals surface area contributed by atoms with Crippen LogP contribution in [0.25, 0.3) is 0 Å². The highest BCUT2D eigenvalue weighted by molar-refractivity contribution is 7.89. The van der Waals surface area contributed by atoms with Crippen molar-refractivity contribution in [2.75, 3.05) is 11.4 Å². The fraction of sp³-hybridized carbons (Fsp3) is 0.600. The Bertz CT molecular complexity index is 838. The first-order valence-corrected chi connectivity index (χ1v) is 11.4. The van der Waals surface area contributed by atoms with E-state index in [1.165, 1.54) is 12.1 Å². The van der Waals surface area contributed by atoms with Crippen LogP contribution >= 0.6 is 0 Å². The molecule has 2 rings (SSSR count). The molecule has 162 valence electrons. The fourth-order valence-electron chi connectivity index (χ4n) is 3.56. The zero-order chi connectivity index (χ0) is 21.9. The molecular formula is C20H31N3O5S. The van der Waals surface area contributed by atoms with Gasteiger partial charge in [-0.05, 0) is 64.8 Å². The van der Waals surface area contributed by atoms with Crippen molar-refractivity contribution in [1.29, 1.82) is 0 Å². The van der Waals surface area contributed by atoms with Crippen LogP contribution < -0.4 is 15.4 Å². The molecule has 0 aliphatic heterocycles. The van der Waals surface area contributed by atoms with Gasteiger partial charge >= 0.3 is 6.09 Å². The van der Waals surface area contributed by atoms with E-state index in [9.17, 15) is 18.0 Å². The Labute approximate surface area is 172 Å². The molecule has 9 heteroatoms. The SMILES string of the molecule is CCN(C(=O)C1(NC(=O)OC(C)(C)C)CCCCC1)c1ccc(S(N)(=O)=O)cc1. The summed E-state index contributed by atoms with van der Waals surface area (Å²) in [5.41, 5.74) is -1.17. The summed E-state index contributed by atoms with van der Waals surface area (Å²) in [6, 6.07) is 5.83. The lowest BCUT2D eigenvalue weighted by Gasteiger charge is -2.40. The number of benzene rings is 1. The zero-order valence-electron chi connectivity index (χ0n) is 17.5.